The molecule has 0 aliphatic carbocycles. The molecule has 0 fully saturated rings. The molecule has 0 radical (unpaired) electrons. The van der Waals surface area contributed by atoms with Crippen LogP contribution in [0.1, 0.15) is 29.5 Å². The topological polar surface area (TPSA) is 51.5 Å². The Morgan fingerprint density at radius 3 is 2.70 bits per heavy atom. The number of carbonyl (C=O) groups is 1. The first-order chi connectivity index (χ1) is 9.79. The quantitative estimate of drug-likeness (QED) is 0.789. The molecule has 1 aromatic carbocycles. The maximum atomic E-state index is 11.6. The summed E-state index contributed by atoms with van der Waals surface area (Å²) in [5.74, 6) is 0.905. The van der Waals surface area contributed by atoms with E-state index in [1.165, 1.54) is 11.8 Å². The normalized spacial score (nSPS) is 10.2. The van der Waals surface area contributed by atoms with E-state index < -0.39 is 0 Å². The number of amides is 1. The van der Waals surface area contributed by atoms with Gasteiger partial charge in [-0.05, 0) is 36.2 Å². The number of furan rings is 1. The van der Waals surface area contributed by atoms with Crippen LogP contribution in [0.4, 0.5) is 0 Å². The molecule has 0 atom stereocenters. The van der Waals surface area contributed by atoms with Crippen molar-refractivity contribution in [2.75, 3.05) is 13.2 Å². The number of hydrogen-bond acceptors (Lipinski definition) is 3. The maximum Gasteiger partial charge on any atom is 0.287 e. The van der Waals surface area contributed by atoms with Gasteiger partial charge in [0, 0.05) is 0 Å². The minimum absolute atomic E-state index is 0.225. The second-order valence-electron chi connectivity index (χ2n) is 4.48. The molecule has 0 saturated heterocycles. The van der Waals surface area contributed by atoms with Crippen molar-refractivity contribution in [3.63, 3.8) is 0 Å². The number of nitrogens with one attached hydrogen (secondary N) is 1. The highest BCUT2D eigenvalue weighted by Gasteiger charge is 2.06. The molecular formula is C16H19NO3. The van der Waals surface area contributed by atoms with Gasteiger partial charge >= 0.3 is 0 Å². The lowest BCUT2D eigenvalue weighted by Gasteiger charge is -2.07. The molecule has 4 nitrogen and oxygen atoms in total. The monoisotopic (exact) mass is 273 g/mol. The highest BCUT2D eigenvalue weighted by atomic mass is 16.5. The van der Waals surface area contributed by atoms with Gasteiger partial charge in [-0.3, -0.25) is 4.79 Å². The standard InChI is InChI=1S/C16H19NO3/c1-2-4-13-6-8-14(9-7-13)19-12-10-17-16(18)15-5-3-11-20-15/h3,5-9,11H,2,4,10,12H2,1H3,(H,17,18). The van der Waals surface area contributed by atoms with Crippen LogP contribution in [0.3, 0.4) is 0 Å². The molecule has 1 N–H and O–H groups in total. The van der Waals surface area contributed by atoms with Gasteiger partial charge in [-0.25, -0.2) is 0 Å². The number of aryl methyl sites for hydroxylation is 1. The van der Waals surface area contributed by atoms with E-state index in [2.05, 4.69) is 24.4 Å². The second kappa shape index (κ2) is 7.38. The number of rotatable bonds is 7. The van der Waals surface area contributed by atoms with E-state index in [0.29, 0.717) is 18.9 Å². The SMILES string of the molecule is CCCc1ccc(OCCNC(=O)c2ccco2)cc1. The molecule has 4 heteroatoms. The summed E-state index contributed by atoms with van der Waals surface area (Å²) < 4.78 is 10.6. The first kappa shape index (κ1) is 14.2. The highest BCUT2D eigenvalue weighted by Crippen LogP contribution is 2.13. The predicted molar refractivity (Wildman–Crippen MR) is 77.0 cm³/mol. The zero-order valence-corrected chi connectivity index (χ0v) is 11.6. The first-order valence-corrected chi connectivity index (χ1v) is 6.83. The minimum Gasteiger partial charge on any atom is -0.492 e. The van der Waals surface area contributed by atoms with Crippen LogP contribution in [0.5, 0.6) is 5.75 Å². The van der Waals surface area contributed by atoms with Crippen LogP contribution in [0.2, 0.25) is 0 Å². The van der Waals surface area contributed by atoms with Crippen LogP contribution >= 0.6 is 0 Å². The summed E-state index contributed by atoms with van der Waals surface area (Å²) in [5, 5.41) is 2.73. The van der Waals surface area contributed by atoms with E-state index >= 15 is 0 Å². The molecule has 1 amide bonds. The third kappa shape index (κ3) is 4.16. The Hall–Kier alpha value is -2.23. The lowest BCUT2D eigenvalue weighted by atomic mass is 10.1. The van der Waals surface area contributed by atoms with Gasteiger partial charge in [-0.2, -0.15) is 0 Å². The molecule has 2 aromatic rings. The van der Waals surface area contributed by atoms with Gasteiger partial charge in [0.15, 0.2) is 5.76 Å². The zero-order chi connectivity index (χ0) is 14.2. The van der Waals surface area contributed by atoms with Crippen LogP contribution in [-0.4, -0.2) is 19.1 Å². The predicted octanol–water partition coefficient (Wildman–Crippen LogP) is 3.04. The van der Waals surface area contributed by atoms with Crippen LogP contribution < -0.4 is 10.1 Å². The third-order valence-electron chi connectivity index (χ3n) is 2.86. The summed E-state index contributed by atoms with van der Waals surface area (Å²) in [4.78, 5) is 11.6. The lowest BCUT2D eigenvalue weighted by Crippen LogP contribution is -2.27. The van der Waals surface area contributed by atoms with E-state index in [1.807, 2.05) is 12.1 Å². The summed E-state index contributed by atoms with van der Waals surface area (Å²) in [6.07, 6.45) is 3.70. The van der Waals surface area contributed by atoms with Crippen molar-refractivity contribution < 1.29 is 13.9 Å². The fourth-order valence-electron chi connectivity index (χ4n) is 1.87. The Balaban J connectivity index is 1.69. The van der Waals surface area contributed by atoms with Crippen molar-refractivity contribution in [3.05, 3.63) is 54.0 Å². The number of hydrogen-bond donors (Lipinski definition) is 1. The van der Waals surface area contributed by atoms with Crippen LogP contribution in [-0.2, 0) is 6.42 Å². The number of benzene rings is 1. The Bertz CT molecular complexity index is 517. The molecule has 1 aromatic heterocycles. The number of ether oxygens (including phenoxy) is 1. The van der Waals surface area contributed by atoms with E-state index in [9.17, 15) is 4.79 Å². The van der Waals surface area contributed by atoms with Crippen molar-refractivity contribution in [2.24, 2.45) is 0 Å². The van der Waals surface area contributed by atoms with Gasteiger partial charge in [-0.1, -0.05) is 25.5 Å². The van der Waals surface area contributed by atoms with Crippen molar-refractivity contribution in [2.45, 2.75) is 19.8 Å². The molecular weight excluding hydrogens is 254 g/mol. The molecule has 0 unspecified atom stereocenters. The fraction of sp³-hybridized carbons (Fsp3) is 0.312. The summed E-state index contributed by atoms with van der Waals surface area (Å²) in [6.45, 7) is 3.03. The summed E-state index contributed by atoms with van der Waals surface area (Å²) in [5.41, 5.74) is 1.31. The molecule has 0 aliphatic rings. The molecule has 0 aliphatic heterocycles. The fourth-order valence-corrected chi connectivity index (χ4v) is 1.87. The van der Waals surface area contributed by atoms with E-state index in [0.717, 1.165) is 18.6 Å². The summed E-state index contributed by atoms with van der Waals surface area (Å²) in [6, 6.07) is 11.4. The van der Waals surface area contributed by atoms with Crippen LogP contribution in [0, 0.1) is 0 Å². The minimum atomic E-state index is -0.225. The van der Waals surface area contributed by atoms with E-state index in [4.69, 9.17) is 9.15 Å². The van der Waals surface area contributed by atoms with Gasteiger partial charge < -0.3 is 14.5 Å². The van der Waals surface area contributed by atoms with Gasteiger partial charge in [-0.15, -0.1) is 0 Å². The molecule has 1 heterocycles. The van der Waals surface area contributed by atoms with Crippen molar-refractivity contribution in [3.8, 4) is 5.75 Å². The number of carbonyl (C=O) groups excluding carboxylic acids is 1. The van der Waals surface area contributed by atoms with Crippen molar-refractivity contribution >= 4 is 5.91 Å². The van der Waals surface area contributed by atoms with E-state index in [-0.39, 0.29) is 5.91 Å². The third-order valence-corrected chi connectivity index (χ3v) is 2.86. The van der Waals surface area contributed by atoms with Gasteiger partial charge in [0.25, 0.3) is 5.91 Å². The Labute approximate surface area is 118 Å². The molecule has 20 heavy (non-hydrogen) atoms. The smallest absolute Gasteiger partial charge is 0.287 e. The van der Waals surface area contributed by atoms with Crippen LogP contribution in [0.15, 0.2) is 47.1 Å². The molecule has 0 spiro atoms. The molecule has 106 valence electrons. The second-order valence-corrected chi connectivity index (χ2v) is 4.48. The van der Waals surface area contributed by atoms with Gasteiger partial charge in [0.2, 0.25) is 0 Å². The van der Waals surface area contributed by atoms with E-state index in [1.54, 1.807) is 12.1 Å². The molecule has 2 rings (SSSR count). The average molecular weight is 273 g/mol. The largest absolute Gasteiger partial charge is 0.492 e. The summed E-state index contributed by atoms with van der Waals surface area (Å²) >= 11 is 0. The van der Waals surface area contributed by atoms with Gasteiger partial charge in [0.1, 0.15) is 12.4 Å². The lowest BCUT2D eigenvalue weighted by molar-refractivity contribution is 0.0919. The Morgan fingerprint density at radius 2 is 2.05 bits per heavy atom. The van der Waals surface area contributed by atoms with Gasteiger partial charge in [0.05, 0.1) is 12.8 Å². The molecule has 0 bridgehead atoms. The summed E-state index contributed by atoms with van der Waals surface area (Å²) in [7, 11) is 0. The molecule has 0 saturated carbocycles. The van der Waals surface area contributed by atoms with Crippen molar-refractivity contribution in [1.82, 2.24) is 5.32 Å². The average Bonchev–Trinajstić information content (AvgIpc) is 3.00. The Kier molecular flexibility index (Phi) is 5.24. The van der Waals surface area contributed by atoms with Crippen LogP contribution in [0.25, 0.3) is 0 Å². The highest BCUT2D eigenvalue weighted by molar-refractivity contribution is 5.91. The zero-order valence-electron chi connectivity index (χ0n) is 11.6. The maximum absolute atomic E-state index is 11.6. The Morgan fingerprint density at radius 1 is 1.25 bits per heavy atom. The first-order valence-electron chi connectivity index (χ1n) is 6.83. The van der Waals surface area contributed by atoms with Crippen molar-refractivity contribution in [1.29, 1.82) is 0 Å².